The summed E-state index contributed by atoms with van der Waals surface area (Å²) >= 11 is 0. The minimum atomic E-state index is -1.42. The largest absolute Gasteiger partial charge is 0.460 e. The Morgan fingerprint density at radius 2 is 1.74 bits per heavy atom. The summed E-state index contributed by atoms with van der Waals surface area (Å²) in [4.78, 5) is 22.9. The molecule has 0 fully saturated rings. The minimum Gasteiger partial charge on any atom is -0.460 e. The summed E-state index contributed by atoms with van der Waals surface area (Å²) in [5.41, 5.74) is -2.26. The van der Waals surface area contributed by atoms with E-state index in [9.17, 15) is 23.5 Å². The molecule has 0 bridgehead atoms. The van der Waals surface area contributed by atoms with Gasteiger partial charge in [0.2, 0.25) is 0 Å². The quantitative estimate of drug-likeness (QED) is 0.404. The van der Waals surface area contributed by atoms with Crippen molar-refractivity contribution >= 4 is 22.5 Å². The van der Waals surface area contributed by atoms with Crippen LogP contribution in [-0.4, -0.2) is 31.2 Å². The Bertz CT molecular complexity index is 751. The third-order valence-corrected chi connectivity index (χ3v) is 6.16. The van der Waals surface area contributed by atoms with Crippen LogP contribution in [0, 0.1) is 15.9 Å². The third-order valence-electron chi connectivity index (χ3n) is 3.90. The number of hydrogen-bond acceptors (Lipinski definition) is 5. The first-order chi connectivity index (χ1) is 12.0. The number of rotatable bonds is 6. The van der Waals surface area contributed by atoms with E-state index in [-0.39, 0.29) is 23.4 Å². The SMILES string of the molecule is CC(C)(C)OC(=O)C[C@](C)(C[S@@](=O)C(C)(C)C)c1cc([N+](=O)[O-])ccc1F. The normalized spacial score (nSPS) is 15.7. The van der Waals surface area contributed by atoms with Crippen LogP contribution < -0.4 is 0 Å². The standard InChI is InChI=1S/C19H28FNO5S/c1-17(2,3)26-16(22)11-19(7,12-27(25)18(4,5)6)14-10-13(21(23)24)8-9-15(14)20/h8-10H,11-12H2,1-7H3/t19-,27-/m1/s1. The number of esters is 1. The fourth-order valence-corrected chi connectivity index (χ4v) is 3.78. The monoisotopic (exact) mass is 401 g/mol. The molecule has 2 atom stereocenters. The Labute approximate surface area is 162 Å². The Kier molecular flexibility index (Phi) is 6.91. The molecule has 0 heterocycles. The van der Waals surface area contributed by atoms with E-state index < -0.39 is 43.3 Å². The molecule has 27 heavy (non-hydrogen) atoms. The van der Waals surface area contributed by atoms with Gasteiger partial charge in [0.05, 0.1) is 11.3 Å². The highest BCUT2D eigenvalue weighted by atomic mass is 32.2. The van der Waals surface area contributed by atoms with Crippen molar-refractivity contribution in [1.82, 2.24) is 0 Å². The average molecular weight is 402 g/mol. The number of nitrogens with zero attached hydrogens (tertiary/aromatic N) is 1. The van der Waals surface area contributed by atoms with Gasteiger partial charge >= 0.3 is 5.97 Å². The highest BCUT2D eigenvalue weighted by Gasteiger charge is 2.39. The van der Waals surface area contributed by atoms with Crippen LogP contribution in [0.3, 0.4) is 0 Å². The van der Waals surface area contributed by atoms with Crippen LogP contribution in [0.25, 0.3) is 0 Å². The van der Waals surface area contributed by atoms with Gasteiger partial charge in [0.25, 0.3) is 5.69 Å². The van der Waals surface area contributed by atoms with Crippen LogP contribution in [0.15, 0.2) is 18.2 Å². The molecular weight excluding hydrogens is 373 g/mol. The second-order valence-corrected chi connectivity index (χ2v) is 11.1. The first-order valence-electron chi connectivity index (χ1n) is 8.60. The summed E-state index contributed by atoms with van der Waals surface area (Å²) in [6, 6.07) is 3.17. The lowest BCUT2D eigenvalue weighted by molar-refractivity contribution is -0.385. The summed E-state index contributed by atoms with van der Waals surface area (Å²) in [7, 11) is -1.42. The predicted molar refractivity (Wildman–Crippen MR) is 104 cm³/mol. The van der Waals surface area contributed by atoms with Crippen molar-refractivity contribution in [2.24, 2.45) is 0 Å². The number of carbonyl (C=O) groups excluding carboxylic acids is 1. The Balaban J connectivity index is 3.41. The van der Waals surface area contributed by atoms with Crippen molar-refractivity contribution in [2.75, 3.05) is 5.75 Å². The molecule has 0 aliphatic heterocycles. The summed E-state index contributed by atoms with van der Waals surface area (Å²) in [5.74, 6) is -1.30. The van der Waals surface area contributed by atoms with E-state index in [4.69, 9.17) is 4.74 Å². The maximum Gasteiger partial charge on any atom is 0.307 e. The van der Waals surface area contributed by atoms with Gasteiger partial charge in [-0.1, -0.05) is 6.92 Å². The van der Waals surface area contributed by atoms with E-state index in [0.717, 1.165) is 18.2 Å². The van der Waals surface area contributed by atoms with E-state index in [0.29, 0.717) is 0 Å². The maximum atomic E-state index is 14.6. The molecular formula is C19H28FNO5S. The molecule has 6 nitrogen and oxygen atoms in total. The highest BCUT2D eigenvalue weighted by Crippen LogP contribution is 2.35. The van der Waals surface area contributed by atoms with E-state index >= 15 is 0 Å². The lowest BCUT2D eigenvalue weighted by atomic mass is 9.80. The Hall–Kier alpha value is -1.83. The second kappa shape index (κ2) is 8.04. The molecule has 1 aromatic rings. The molecule has 0 aliphatic carbocycles. The average Bonchev–Trinajstić information content (AvgIpc) is 2.43. The predicted octanol–water partition coefficient (Wildman–Crippen LogP) is 4.27. The molecule has 0 unspecified atom stereocenters. The third kappa shape index (κ3) is 6.68. The minimum absolute atomic E-state index is 0.0137. The highest BCUT2D eigenvalue weighted by molar-refractivity contribution is 7.86. The van der Waals surface area contributed by atoms with Crippen LogP contribution in [0.4, 0.5) is 10.1 Å². The molecule has 152 valence electrons. The van der Waals surface area contributed by atoms with Crippen molar-refractivity contribution in [1.29, 1.82) is 0 Å². The van der Waals surface area contributed by atoms with Crippen molar-refractivity contribution in [3.05, 3.63) is 39.7 Å². The zero-order valence-corrected chi connectivity index (χ0v) is 17.7. The topological polar surface area (TPSA) is 86.5 Å². The van der Waals surface area contributed by atoms with Crippen LogP contribution in [0.1, 0.15) is 60.5 Å². The molecule has 0 aromatic heterocycles. The van der Waals surface area contributed by atoms with Crippen LogP contribution >= 0.6 is 0 Å². The van der Waals surface area contributed by atoms with Crippen LogP contribution in [-0.2, 0) is 25.7 Å². The molecule has 0 saturated heterocycles. The molecule has 8 heteroatoms. The van der Waals surface area contributed by atoms with E-state index in [1.54, 1.807) is 48.5 Å². The lowest BCUT2D eigenvalue weighted by Gasteiger charge is -2.33. The van der Waals surface area contributed by atoms with Crippen molar-refractivity contribution in [2.45, 2.75) is 70.7 Å². The van der Waals surface area contributed by atoms with Gasteiger partial charge in [-0.2, -0.15) is 0 Å². The van der Waals surface area contributed by atoms with E-state index in [1.165, 1.54) is 0 Å². The van der Waals surface area contributed by atoms with Crippen molar-refractivity contribution in [3.63, 3.8) is 0 Å². The smallest absolute Gasteiger partial charge is 0.307 e. The molecule has 0 spiro atoms. The van der Waals surface area contributed by atoms with Gasteiger partial charge in [-0.3, -0.25) is 19.1 Å². The van der Waals surface area contributed by atoms with Crippen LogP contribution in [0.2, 0.25) is 0 Å². The fourth-order valence-electron chi connectivity index (χ4n) is 2.52. The maximum absolute atomic E-state index is 14.6. The number of non-ortho nitro benzene ring substituents is 1. The number of nitro groups is 1. The lowest BCUT2D eigenvalue weighted by Crippen LogP contribution is -2.39. The number of ether oxygens (including phenoxy) is 1. The summed E-state index contributed by atoms with van der Waals surface area (Å²) in [6.45, 7) is 12.1. The van der Waals surface area contributed by atoms with Gasteiger partial charge in [0, 0.05) is 44.4 Å². The Morgan fingerprint density at radius 3 is 2.19 bits per heavy atom. The van der Waals surface area contributed by atoms with Crippen molar-refractivity contribution < 1.29 is 23.1 Å². The van der Waals surface area contributed by atoms with Crippen LogP contribution in [0.5, 0.6) is 0 Å². The number of hydrogen-bond donors (Lipinski definition) is 0. The van der Waals surface area contributed by atoms with Gasteiger partial charge in [-0.15, -0.1) is 0 Å². The zero-order chi connectivity index (χ0) is 21.2. The second-order valence-electron chi connectivity index (χ2n) is 8.85. The molecule has 0 N–H and O–H groups in total. The summed E-state index contributed by atoms with van der Waals surface area (Å²) < 4.78 is 32.1. The number of nitro benzene ring substituents is 1. The number of carbonyl (C=O) groups is 1. The molecule has 0 aliphatic rings. The van der Waals surface area contributed by atoms with E-state index in [1.807, 2.05) is 0 Å². The van der Waals surface area contributed by atoms with Gasteiger partial charge < -0.3 is 4.74 Å². The van der Waals surface area contributed by atoms with Gasteiger partial charge in [-0.25, -0.2) is 4.39 Å². The van der Waals surface area contributed by atoms with Crippen molar-refractivity contribution in [3.8, 4) is 0 Å². The number of benzene rings is 1. The van der Waals surface area contributed by atoms with Gasteiger partial charge in [0.1, 0.15) is 11.4 Å². The molecule has 1 aromatic carbocycles. The van der Waals surface area contributed by atoms with Gasteiger partial charge in [0.15, 0.2) is 0 Å². The molecule has 1 rings (SSSR count). The zero-order valence-electron chi connectivity index (χ0n) is 16.9. The Morgan fingerprint density at radius 1 is 1.19 bits per heavy atom. The fraction of sp³-hybridized carbons (Fsp3) is 0.632. The molecule has 0 radical (unpaired) electrons. The van der Waals surface area contributed by atoms with Gasteiger partial charge in [-0.05, 0) is 47.6 Å². The first-order valence-corrected chi connectivity index (χ1v) is 9.92. The summed E-state index contributed by atoms with van der Waals surface area (Å²) in [5, 5.41) is 11.1. The molecule has 0 saturated carbocycles. The molecule has 0 amide bonds. The first kappa shape index (κ1) is 23.2. The van der Waals surface area contributed by atoms with E-state index in [2.05, 4.69) is 0 Å². The number of halogens is 1. The summed E-state index contributed by atoms with van der Waals surface area (Å²) in [6.07, 6.45) is -0.246.